The van der Waals surface area contributed by atoms with Gasteiger partial charge in [0.25, 0.3) is 0 Å². The highest BCUT2D eigenvalue weighted by molar-refractivity contribution is 6.00. The average Bonchev–Trinajstić information content (AvgIpc) is 2.48. The van der Waals surface area contributed by atoms with Gasteiger partial charge in [0.2, 0.25) is 5.78 Å². The number of rotatable bonds is 6. The summed E-state index contributed by atoms with van der Waals surface area (Å²) >= 11 is 0. The number of hydrogen-bond donors (Lipinski definition) is 1. The second-order valence-corrected chi connectivity index (χ2v) is 4.08. The summed E-state index contributed by atoms with van der Waals surface area (Å²) in [5, 5.41) is 3.11. The number of Topliss-reactive ketones (excluding diaryl/α,β-unsaturated/α-hetero) is 1. The normalized spacial score (nSPS) is 11.8. The number of ketones is 1. The summed E-state index contributed by atoms with van der Waals surface area (Å²) in [4.78, 5) is 12.4. The van der Waals surface area contributed by atoms with Gasteiger partial charge in [-0.2, -0.15) is 0 Å². The second-order valence-electron chi connectivity index (χ2n) is 4.08. The van der Waals surface area contributed by atoms with Crippen molar-refractivity contribution in [2.24, 2.45) is 0 Å². The molecule has 0 amide bonds. The molecule has 0 aliphatic heterocycles. The van der Waals surface area contributed by atoms with Crippen LogP contribution < -0.4 is 5.32 Å². The minimum absolute atomic E-state index is 0.0636. The van der Waals surface area contributed by atoms with Gasteiger partial charge in [-0.15, -0.1) is 0 Å². The van der Waals surface area contributed by atoms with Crippen molar-refractivity contribution in [2.45, 2.75) is 13.2 Å². The molecule has 0 fully saturated rings. The lowest BCUT2D eigenvalue weighted by Gasteiger charge is -2.18. The Hall–Kier alpha value is -2.13. The molecule has 2 aromatic carbocycles. The van der Waals surface area contributed by atoms with Crippen LogP contribution in [0.4, 0.5) is 5.69 Å². The predicted octanol–water partition coefficient (Wildman–Crippen LogP) is 3.34. The molecule has 98 valence electrons. The van der Waals surface area contributed by atoms with Crippen LogP contribution in [0, 0.1) is 0 Å². The minimum atomic E-state index is -0.658. The maximum atomic E-state index is 12.4. The van der Waals surface area contributed by atoms with E-state index in [2.05, 4.69) is 5.32 Å². The number of nitrogens with one attached hydrogen (secondary N) is 1. The molecule has 0 radical (unpaired) electrons. The van der Waals surface area contributed by atoms with E-state index >= 15 is 0 Å². The molecule has 0 aliphatic carbocycles. The van der Waals surface area contributed by atoms with Crippen LogP contribution in [-0.2, 0) is 4.74 Å². The van der Waals surface area contributed by atoms with Crippen LogP contribution in [0.25, 0.3) is 0 Å². The summed E-state index contributed by atoms with van der Waals surface area (Å²) in [7, 11) is 0. The van der Waals surface area contributed by atoms with Crippen LogP contribution in [0.15, 0.2) is 60.7 Å². The fourth-order valence-corrected chi connectivity index (χ4v) is 1.79. The van der Waals surface area contributed by atoms with Gasteiger partial charge in [-0.3, -0.25) is 4.79 Å². The molecule has 0 heterocycles. The molecule has 0 saturated heterocycles. The second kappa shape index (κ2) is 6.71. The largest absolute Gasteiger partial charge is 0.354 e. The van der Waals surface area contributed by atoms with Crippen molar-refractivity contribution in [1.29, 1.82) is 0 Å². The van der Waals surface area contributed by atoms with Gasteiger partial charge in [-0.1, -0.05) is 48.5 Å². The van der Waals surface area contributed by atoms with Crippen molar-refractivity contribution >= 4 is 11.5 Å². The van der Waals surface area contributed by atoms with E-state index in [0.29, 0.717) is 12.2 Å². The Labute approximate surface area is 113 Å². The molecule has 19 heavy (non-hydrogen) atoms. The number of carbonyl (C=O) groups is 1. The standard InChI is InChI=1S/C16H17NO2/c1-2-19-16(17-14-11-7-4-8-12-14)15(18)13-9-5-3-6-10-13/h3-12,16-17H,2H2,1H3. The Bertz CT molecular complexity index is 511. The Kier molecular flexibility index (Phi) is 4.70. The lowest BCUT2D eigenvalue weighted by Crippen LogP contribution is -2.32. The molecule has 0 spiro atoms. The van der Waals surface area contributed by atoms with Gasteiger partial charge in [0.15, 0.2) is 6.23 Å². The monoisotopic (exact) mass is 255 g/mol. The van der Waals surface area contributed by atoms with Crippen LogP contribution in [-0.4, -0.2) is 18.6 Å². The average molecular weight is 255 g/mol. The number of carbonyl (C=O) groups excluding carboxylic acids is 1. The predicted molar refractivity (Wildman–Crippen MR) is 76.3 cm³/mol. The molecule has 0 saturated carbocycles. The summed E-state index contributed by atoms with van der Waals surface area (Å²) < 4.78 is 5.50. The summed E-state index contributed by atoms with van der Waals surface area (Å²) in [6, 6.07) is 18.7. The van der Waals surface area contributed by atoms with Crippen LogP contribution in [0.3, 0.4) is 0 Å². The first kappa shape index (κ1) is 13.3. The third-order valence-corrected chi connectivity index (χ3v) is 2.70. The molecular formula is C16H17NO2. The first-order valence-corrected chi connectivity index (χ1v) is 6.33. The van der Waals surface area contributed by atoms with Crippen molar-refractivity contribution in [3.8, 4) is 0 Å². The van der Waals surface area contributed by atoms with Gasteiger partial charge in [-0.05, 0) is 19.1 Å². The maximum absolute atomic E-state index is 12.4. The summed E-state index contributed by atoms with van der Waals surface area (Å²) in [6.45, 7) is 2.35. The van der Waals surface area contributed by atoms with Crippen molar-refractivity contribution in [2.75, 3.05) is 11.9 Å². The quantitative estimate of drug-likeness (QED) is 0.635. The molecule has 0 bridgehead atoms. The smallest absolute Gasteiger partial charge is 0.212 e. The van der Waals surface area contributed by atoms with Crippen molar-refractivity contribution < 1.29 is 9.53 Å². The van der Waals surface area contributed by atoms with Crippen LogP contribution in [0.5, 0.6) is 0 Å². The van der Waals surface area contributed by atoms with Crippen LogP contribution in [0.1, 0.15) is 17.3 Å². The van der Waals surface area contributed by atoms with Crippen molar-refractivity contribution in [1.82, 2.24) is 0 Å². The Morgan fingerprint density at radius 2 is 1.63 bits per heavy atom. The zero-order chi connectivity index (χ0) is 13.5. The first-order chi connectivity index (χ1) is 9.31. The van der Waals surface area contributed by atoms with Gasteiger partial charge >= 0.3 is 0 Å². The topological polar surface area (TPSA) is 38.3 Å². The number of anilines is 1. The lowest BCUT2D eigenvalue weighted by atomic mass is 10.1. The first-order valence-electron chi connectivity index (χ1n) is 6.33. The van der Waals surface area contributed by atoms with Gasteiger partial charge in [-0.25, -0.2) is 0 Å². The molecule has 1 N–H and O–H groups in total. The van der Waals surface area contributed by atoms with E-state index in [1.807, 2.05) is 55.5 Å². The molecule has 1 atom stereocenters. The lowest BCUT2D eigenvalue weighted by molar-refractivity contribution is 0.0549. The Balaban J connectivity index is 2.14. The van der Waals surface area contributed by atoms with Gasteiger partial charge in [0.05, 0.1) is 0 Å². The summed E-state index contributed by atoms with van der Waals surface area (Å²) in [5.74, 6) is -0.0636. The van der Waals surface area contributed by atoms with Gasteiger partial charge in [0, 0.05) is 17.9 Å². The summed E-state index contributed by atoms with van der Waals surface area (Å²) in [6.07, 6.45) is -0.658. The minimum Gasteiger partial charge on any atom is -0.354 e. The molecule has 3 heteroatoms. The Morgan fingerprint density at radius 1 is 1.05 bits per heavy atom. The fraction of sp³-hybridized carbons (Fsp3) is 0.188. The Morgan fingerprint density at radius 3 is 2.21 bits per heavy atom. The molecule has 2 rings (SSSR count). The zero-order valence-electron chi connectivity index (χ0n) is 10.9. The van der Waals surface area contributed by atoms with E-state index in [1.54, 1.807) is 12.1 Å². The third kappa shape index (κ3) is 3.66. The van der Waals surface area contributed by atoms with Crippen LogP contribution >= 0.6 is 0 Å². The van der Waals surface area contributed by atoms with E-state index in [9.17, 15) is 4.79 Å². The van der Waals surface area contributed by atoms with Crippen molar-refractivity contribution in [3.05, 3.63) is 66.2 Å². The highest BCUT2D eigenvalue weighted by Crippen LogP contribution is 2.12. The zero-order valence-corrected chi connectivity index (χ0v) is 10.9. The van der Waals surface area contributed by atoms with E-state index in [1.165, 1.54) is 0 Å². The van der Waals surface area contributed by atoms with Crippen molar-refractivity contribution in [3.63, 3.8) is 0 Å². The molecule has 0 aliphatic rings. The molecule has 0 aromatic heterocycles. The summed E-state index contributed by atoms with van der Waals surface area (Å²) in [5.41, 5.74) is 1.51. The van der Waals surface area contributed by atoms with E-state index in [-0.39, 0.29) is 5.78 Å². The fourth-order valence-electron chi connectivity index (χ4n) is 1.79. The van der Waals surface area contributed by atoms with E-state index < -0.39 is 6.23 Å². The van der Waals surface area contributed by atoms with Gasteiger partial charge < -0.3 is 10.1 Å². The maximum Gasteiger partial charge on any atom is 0.212 e. The number of benzene rings is 2. The van der Waals surface area contributed by atoms with E-state index in [0.717, 1.165) is 5.69 Å². The molecule has 3 nitrogen and oxygen atoms in total. The van der Waals surface area contributed by atoms with Crippen LogP contribution in [0.2, 0.25) is 0 Å². The van der Waals surface area contributed by atoms with Gasteiger partial charge in [0.1, 0.15) is 0 Å². The number of hydrogen-bond acceptors (Lipinski definition) is 3. The van der Waals surface area contributed by atoms with E-state index in [4.69, 9.17) is 4.74 Å². The molecular weight excluding hydrogens is 238 g/mol. The third-order valence-electron chi connectivity index (χ3n) is 2.70. The molecule has 2 aromatic rings. The number of para-hydroxylation sites is 1. The number of ether oxygens (including phenoxy) is 1. The highest BCUT2D eigenvalue weighted by atomic mass is 16.5. The SMILES string of the molecule is CCOC(Nc1ccccc1)C(=O)c1ccccc1. The highest BCUT2D eigenvalue weighted by Gasteiger charge is 2.19. The molecule has 1 unspecified atom stereocenters.